The zero-order valence-corrected chi connectivity index (χ0v) is 15.8. The van der Waals surface area contributed by atoms with Crippen LogP contribution >= 0.6 is 0 Å². The lowest BCUT2D eigenvalue weighted by Gasteiger charge is -2.31. The Hall–Kier alpha value is -3.03. The molecule has 0 aliphatic carbocycles. The number of hydrogen-bond donors (Lipinski definition) is 2. The summed E-state index contributed by atoms with van der Waals surface area (Å²) in [5.74, 6) is -0.0887. The van der Waals surface area contributed by atoms with Gasteiger partial charge in [-0.1, -0.05) is 30.3 Å². The number of carbonyl (C=O) groups excluding carboxylic acids is 1. The maximum Gasteiger partial charge on any atom is 0.275 e. The van der Waals surface area contributed by atoms with Gasteiger partial charge in [-0.2, -0.15) is 0 Å². The number of piperazine rings is 1. The van der Waals surface area contributed by atoms with Crippen molar-refractivity contribution in [3.8, 4) is 11.3 Å². The second-order valence-electron chi connectivity index (χ2n) is 7.10. The predicted octanol–water partition coefficient (Wildman–Crippen LogP) is 1.78. The number of nitrogens with zero attached hydrogens (tertiary/aromatic N) is 3. The van der Waals surface area contributed by atoms with Crippen molar-refractivity contribution in [1.82, 2.24) is 19.8 Å². The molecule has 1 aromatic heterocycles. The number of para-hydroxylation sites is 3. The Morgan fingerprint density at radius 1 is 1.07 bits per heavy atom. The van der Waals surface area contributed by atoms with Crippen LogP contribution in [-0.4, -0.2) is 65.4 Å². The molecule has 3 aromatic rings. The monoisotopic (exact) mass is 377 g/mol. The minimum absolute atomic E-state index is 0.0887. The molecule has 0 unspecified atom stereocenters. The van der Waals surface area contributed by atoms with E-state index in [1.54, 1.807) is 12.1 Å². The fourth-order valence-corrected chi connectivity index (χ4v) is 3.41. The summed E-state index contributed by atoms with van der Waals surface area (Å²) in [6.45, 7) is 4.00. The number of aromatic nitrogens is 2. The molecule has 0 atom stereocenters. The number of benzene rings is 2. The third-order valence-electron chi connectivity index (χ3n) is 5.02. The number of nitrogens with one attached hydrogen (secondary N) is 2. The van der Waals surface area contributed by atoms with Crippen LogP contribution in [0.4, 0.5) is 5.69 Å². The second-order valence-corrected chi connectivity index (χ2v) is 7.10. The first-order valence-corrected chi connectivity index (χ1v) is 9.39. The first-order valence-electron chi connectivity index (χ1n) is 9.39. The number of likely N-dealkylation sites (N-methyl/N-ethyl adjacent to an activating group) is 1. The molecule has 0 bridgehead atoms. The van der Waals surface area contributed by atoms with Gasteiger partial charge in [-0.15, -0.1) is 0 Å². The van der Waals surface area contributed by atoms with Crippen LogP contribution in [-0.2, 0) is 4.79 Å². The molecule has 7 heteroatoms. The van der Waals surface area contributed by atoms with Crippen LogP contribution in [0.3, 0.4) is 0 Å². The van der Waals surface area contributed by atoms with Crippen LogP contribution in [0.5, 0.6) is 0 Å². The first kappa shape index (κ1) is 18.3. The molecule has 1 aliphatic heterocycles. The smallest absolute Gasteiger partial charge is 0.275 e. The Labute approximate surface area is 163 Å². The van der Waals surface area contributed by atoms with Crippen molar-refractivity contribution < 1.29 is 4.79 Å². The van der Waals surface area contributed by atoms with Crippen LogP contribution < -0.4 is 10.9 Å². The van der Waals surface area contributed by atoms with Gasteiger partial charge in [-0.3, -0.25) is 14.5 Å². The number of amides is 1. The fourth-order valence-electron chi connectivity index (χ4n) is 3.41. The van der Waals surface area contributed by atoms with E-state index >= 15 is 0 Å². The van der Waals surface area contributed by atoms with Gasteiger partial charge in [-0.25, -0.2) is 4.98 Å². The van der Waals surface area contributed by atoms with Crippen molar-refractivity contribution in [2.45, 2.75) is 0 Å². The van der Waals surface area contributed by atoms with Crippen LogP contribution in [0.1, 0.15) is 0 Å². The quantitative estimate of drug-likeness (QED) is 0.724. The second kappa shape index (κ2) is 7.92. The van der Waals surface area contributed by atoms with Gasteiger partial charge in [0.25, 0.3) is 5.56 Å². The minimum Gasteiger partial charge on any atom is -0.324 e. The van der Waals surface area contributed by atoms with Crippen LogP contribution in [0.2, 0.25) is 0 Å². The highest BCUT2D eigenvalue weighted by Crippen LogP contribution is 2.25. The summed E-state index contributed by atoms with van der Waals surface area (Å²) < 4.78 is 0. The summed E-state index contributed by atoms with van der Waals surface area (Å²) in [4.78, 5) is 36.9. The number of carbonyl (C=O) groups is 1. The van der Waals surface area contributed by atoms with Crippen molar-refractivity contribution in [3.63, 3.8) is 0 Å². The van der Waals surface area contributed by atoms with Gasteiger partial charge in [0.2, 0.25) is 5.91 Å². The Balaban J connectivity index is 1.58. The molecule has 1 aliphatic rings. The Morgan fingerprint density at radius 2 is 1.79 bits per heavy atom. The topological polar surface area (TPSA) is 81.3 Å². The summed E-state index contributed by atoms with van der Waals surface area (Å²) in [5.41, 5.74) is 2.62. The Morgan fingerprint density at radius 3 is 2.61 bits per heavy atom. The number of rotatable bonds is 4. The summed E-state index contributed by atoms with van der Waals surface area (Å²) in [6.07, 6.45) is 0. The molecule has 0 saturated carbocycles. The highest BCUT2D eigenvalue weighted by molar-refractivity contribution is 5.96. The Bertz CT molecular complexity index is 1050. The number of hydrogen-bond acceptors (Lipinski definition) is 5. The molecule has 0 spiro atoms. The van der Waals surface area contributed by atoms with Gasteiger partial charge in [0.05, 0.1) is 23.3 Å². The van der Waals surface area contributed by atoms with Crippen LogP contribution in [0.15, 0.2) is 53.3 Å². The summed E-state index contributed by atoms with van der Waals surface area (Å²) in [5, 5.41) is 2.96. The SMILES string of the molecule is CN1CCN(CC(=O)Nc2ccccc2-c2nc3ccccc3[nH]c2=O)CC1. The van der Waals surface area contributed by atoms with Gasteiger partial charge in [-0.05, 0) is 25.2 Å². The molecule has 1 fully saturated rings. The molecule has 2 heterocycles. The van der Waals surface area contributed by atoms with E-state index in [1.165, 1.54) is 0 Å². The van der Waals surface area contributed by atoms with Gasteiger partial charge in [0.1, 0.15) is 5.69 Å². The van der Waals surface area contributed by atoms with Crippen molar-refractivity contribution in [2.24, 2.45) is 0 Å². The van der Waals surface area contributed by atoms with E-state index < -0.39 is 0 Å². The van der Waals surface area contributed by atoms with E-state index in [0.717, 1.165) is 26.2 Å². The molecule has 144 valence electrons. The highest BCUT2D eigenvalue weighted by atomic mass is 16.2. The average Bonchev–Trinajstić information content (AvgIpc) is 2.70. The minimum atomic E-state index is -0.278. The van der Waals surface area contributed by atoms with Crippen molar-refractivity contribution >= 4 is 22.6 Å². The van der Waals surface area contributed by atoms with Crippen LogP contribution in [0, 0.1) is 0 Å². The lowest BCUT2D eigenvalue weighted by atomic mass is 10.1. The molecule has 4 rings (SSSR count). The van der Waals surface area contributed by atoms with Gasteiger partial charge >= 0.3 is 0 Å². The lowest BCUT2D eigenvalue weighted by Crippen LogP contribution is -2.47. The molecule has 2 N–H and O–H groups in total. The molecule has 28 heavy (non-hydrogen) atoms. The molecule has 0 radical (unpaired) electrons. The highest BCUT2D eigenvalue weighted by Gasteiger charge is 2.18. The van der Waals surface area contributed by atoms with Gasteiger partial charge in [0, 0.05) is 31.7 Å². The predicted molar refractivity (Wildman–Crippen MR) is 110 cm³/mol. The van der Waals surface area contributed by atoms with Crippen LogP contribution in [0.25, 0.3) is 22.3 Å². The normalized spacial score (nSPS) is 15.6. The van der Waals surface area contributed by atoms with E-state index in [2.05, 4.69) is 32.1 Å². The lowest BCUT2D eigenvalue weighted by molar-refractivity contribution is -0.117. The van der Waals surface area contributed by atoms with E-state index in [0.29, 0.717) is 34.5 Å². The van der Waals surface area contributed by atoms with Crippen molar-refractivity contribution in [1.29, 1.82) is 0 Å². The largest absolute Gasteiger partial charge is 0.324 e. The number of fused-ring (bicyclic) bond motifs is 1. The van der Waals surface area contributed by atoms with E-state index in [-0.39, 0.29) is 11.5 Å². The van der Waals surface area contributed by atoms with Gasteiger partial charge in [0.15, 0.2) is 0 Å². The fraction of sp³-hybridized carbons (Fsp3) is 0.286. The average molecular weight is 377 g/mol. The van der Waals surface area contributed by atoms with Crippen molar-refractivity contribution in [2.75, 3.05) is 45.1 Å². The van der Waals surface area contributed by atoms with E-state index in [4.69, 9.17) is 0 Å². The Kier molecular flexibility index (Phi) is 5.18. The maximum absolute atomic E-state index is 12.6. The summed E-state index contributed by atoms with van der Waals surface area (Å²) in [7, 11) is 2.09. The number of H-pyrrole nitrogens is 1. The third-order valence-corrected chi connectivity index (χ3v) is 5.02. The molecule has 2 aromatic carbocycles. The zero-order chi connectivity index (χ0) is 19.5. The number of aromatic amines is 1. The van der Waals surface area contributed by atoms with E-state index in [1.807, 2.05) is 36.4 Å². The first-order chi connectivity index (χ1) is 13.6. The zero-order valence-electron chi connectivity index (χ0n) is 15.8. The maximum atomic E-state index is 12.6. The summed E-state index contributed by atoms with van der Waals surface area (Å²) in [6, 6.07) is 14.7. The molecular formula is C21H23N5O2. The standard InChI is InChI=1S/C21H23N5O2/c1-25-10-12-26(13-11-25)14-19(27)22-16-7-3-2-6-15(16)20-21(28)24-18-9-5-4-8-17(18)23-20/h2-9H,10-14H2,1H3,(H,22,27)(H,24,28). The molecular weight excluding hydrogens is 354 g/mol. The molecule has 1 amide bonds. The third kappa shape index (κ3) is 3.95. The van der Waals surface area contributed by atoms with E-state index in [9.17, 15) is 9.59 Å². The number of anilines is 1. The molecule has 7 nitrogen and oxygen atoms in total. The van der Waals surface area contributed by atoms with Crippen molar-refractivity contribution in [3.05, 3.63) is 58.9 Å². The van der Waals surface area contributed by atoms with Gasteiger partial charge < -0.3 is 15.2 Å². The molecule has 1 saturated heterocycles. The summed E-state index contributed by atoms with van der Waals surface area (Å²) >= 11 is 0.